The van der Waals surface area contributed by atoms with Crippen LogP contribution in [0, 0.1) is 6.92 Å². The van der Waals surface area contributed by atoms with Crippen molar-refractivity contribution in [1.82, 2.24) is 20.0 Å². The first-order valence-corrected chi connectivity index (χ1v) is 9.18. The average molecular weight is 354 g/mol. The van der Waals surface area contributed by atoms with Crippen molar-refractivity contribution in [2.45, 2.75) is 32.2 Å². The van der Waals surface area contributed by atoms with Crippen LogP contribution in [0.2, 0.25) is 0 Å². The molecule has 128 valence electrons. The third-order valence-electron chi connectivity index (χ3n) is 4.33. The monoisotopic (exact) mass is 354 g/mol. The number of benzene rings is 1. The molecule has 1 aliphatic rings. The summed E-state index contributed by atoms with van der Waals surface area (Å²) >= 11 is 1.56. The third-order valence-corrected chi connectivity index (χ3v) is 5.15. The number of aryl methyl sites for hydroxylation is 1. The summed E-state index contributed by atoms with van der Waals surface area (Å²) in [5.41, 5.74) is 1.74. The van der Waals surface area contributed by atoms with E-state index in [1.807, 2.05) is 47.5 Å². The quantitative estimate of drug-likeness (QED) is 0.718. The summed E-state index contributed by atoms with van der Waals surface area (Å²) < 4.78 is 5.47. The molecular weight excluding hydrogens is 336 g/mol. The Morgan fingerprint density at radius 3 is 2.92 bits per heavy atom. The molecule has 1 amide bonds. The second-order valence-electron chi connectivity index (χ2n) is 6.10. The van der Waals surface area contributed by atoms with Crippen molar-refractivity contribution in [3.05, 3.63) is 52.3 Å². The summed E-state index contributed by atoms with van der Waals surface area (Å²) in [5.74, 6) is 1.14. The van der Waals surface area contributed by atoms with Crippen LogP contribution in [0.1, 0.15) is 35.5 Å². The van der Waals surface area contributed by atoms with Crippen LogP contribution in [0.15, 0.2) is 40.2 Å². The first-order valence-electron chi connectivity index (χ1n) is 8.30. The summed E-state index contributed by atoms with van der Waals surface area (Å²) in [6.07, 6.45) is 2.11. The predicted octanol–water partition coefficient (Wildman–Crippen LogP) is 3.41. The van der Waals surface area contributed by atoms with Crippen molar-refractivity contribution >= 4 is 17.2 Å². The lowest BCUT2D eigenvalue weighted by Gasteiger charge is -2.21. The van der Waals surface area contributed by atoms with E-state index in [0.717, 1.165) is 35.7 Å². The van der Waals surface area contributed by atoms with Crippen molar-refractivity contribution in [3.63, 3.8) is 0 Å². The Morgan fingerprint density at radius 2 is 2.16 bits per heavy atom. The molecule has 0 spiro atoms. The highest BCUT2D eigenvalue weighted by Crippen LogP contribution is 2.32. The van der Waals surface area contributed by atoms with Crippen LogP contribution in [0.4, 0.5) is 0 Å². The number of carbonyl (C=O) groups is 1. The van der Waals surface area contributed by atoms with Gasteiger partial charge in [0.25, 0.3) is 0 Å². The minimum Gasteiger partial charge on any atom is -0.337 e. The topological polar surface area (TPSA) is 72.1 Å². The number of rotatable bonds is 4. The third kappa shape index (κ3) is 3.32. The highest BCUT2D eigenvalue weighted by Gasteiger charge is 2.34. The Kier molecular flexibility index (Phi) is 4.31. The number of aromatic nitrogens is 3. The van der Waals surface area contributed by atoms with Gasteiger partial charge in [0.15, 0.2) is 0 Å². The molecule has 0 radical (unpaired) electrons. The van der Waals surface area contributed by atoms with E-state index in [0.29, 0.717) is 18.1 Å². The van der Waals surface area contributed by atoms with E-state index in [9.17, 15) is 4.79 Å². The molecule has 3 heterocycles. The first kappa shape index (κ1) is 16.0. The molecule has 1 saturated heterocycles. The van der Waals surface area contributed by atoms with Gasteiger partial charge in [0.1, 0.15) is 6.04 Å². The zero-order chi connectivity index (χ0) is 17.2. The molecule has 0 aliphatic carbocycles. The molecule has 4 rings (SSSR count). The smallest absolute Gasteiger partial charge is 0.249 e. The lowest BCUT2D eigenvalue weighted by atomic mass is 10.2. The second kappa shape index (κ2) is 6.76. The molecule has 3 aromatic rings. The molecule has 0 unspecified atom stereocenters. The molecule has 1 aliphatic heterocycles. The molecule has 2 aromatic heterocycles. The van der Waals surface area contributed by atoms with Gasteiger partial charge in [0.2, 0.25) is 17.6 Å². The largest absolute Gasteiger partial charge is 0.337 e. The fraction of sp³-hybridized carbons (Fsp3) is 0.333. The van der Waals surface area contributed by atoms with Crippen LogP contribution in [-0.4, -0.2) is 32.5 Å². The molecule has 0 saturated carbocycles. The number of nitrogens with zero attached hydrogens (tertiary/aromatic N) is 4. The van der Waals surface area contributed by atoms with Gasteiger partial charge in [0.05, 0.1) is 17.1 Å². The van der Waals surface area contributed by atoms with Crippen LogP contribution in [-0.2, 0) is 11.2 Å². The van der Waals surface area contributed by atoms with E-state index in [1.165, 1.54) is 0 Å². The van der Waals surface area contributed by atoms with Crippen LogP contribution < -0.4 is 0 Å². The SMILES string of the molecule is Cc1nc(CC(=O)N2CCC[C@H]2c2nc(-c3ccccc3)no2)cs1. The Labute approximate surface area is 149 Å². The number of carbonyl (C=O) groups excluding carboxylic acids is 1. The highest BCUT2D eigenvalue weighted by atomic mass is 32.1. The summed E-state index contributed by atoms with van der Waals surface area (Å²) in [7, 11) is 0. The highest BCUT2D eigenvalue weighted by molar-refractivity contribution is 7.09. The van der Waals surface area contributed by atoms with Crippen molar-refractivity contribution < 1.29 is 9.32 Å². The Balaban J connectivity index is 1.51. The van der Waals surface area contributed by atoms with Gasteiger partial charge in [-0.15, -0.1) is 11.3 Å². The molecule has 1 fully saturated rings. The number of likely N-dealkylation sites (tertiary alicyclic amines) is 1. The Morgan fingerprint density at radius 1 is 1.32 bits per heavy atom. The van der Waals surface area contributed by atoms with Gasteiger partial charge < -0.3 is 9.42 Å². The number of thiazole rings is 1. The predicted molar refractivity (Wildman–Crippen MR) is 94.0 cm³/mol. The first-order chi connectivity index (χ1) is 12.2. The fourth-order valence-corrected chi connectivity index (χ4v) is 3.76. The van der Waals surface area contributed by atoms with Gasteiger partial charge in [-0.05, 0) is 19.8 Å². The number of hydrogen-bond donors (Lipinski definition) is 0. The van der Waals surface area contributed by atoms with Crippen LogP contribution >= 0.6 is 11.3 Å². The Hall–Kier alpha value is -2.54. The van der Waals surface area contributed by atoms with E-state index in [4.69, 9.17) is 4.52 Å². The maximum absolute atomic E-state index is 12.7. The normalized spacial score (nSPS) is 17.2. The van der Waals surface area contributed by atoms with E-state index >= 15 is 0 Å². The summed E-state index contributed by atoms with van der Waals surface area (Å²) in [6, 6.07) is 9.56. The summed E-state index contributed by atoms with van der Waals surface area (Å²) in [4.78, 5) is 23.4. The Bertz CT molecular complexity index is 874. The molecule has 0 N–H and O–H groups in total. The second-order valence-corrected chi connectivity index (χ2v) is 7.16. The molecule has 25 heavy (non-hydrogen) atoms. The number of hydrogen-bond acceptors (Lipinski definition) is 6. The summed E-state index contributed by atoms with van der Waals surface area (Å²) in [6.45, 7) is 2.66. The molecule has 1 atom stereocenters. The maximum Gasteiger partial charge on any atom is 0.249 e. The maximum atomic E-state index is 12.7. The van der Waals surface area contributed by atoms with Crippen LogP contribution in [0.5, 0.6) is 0 Å². The van der Waals surface area contributed by atoms with Crippen LogP contribution in [0.3, 0.4) is 0 Å². The van der Waals surface area contributed by atoms with Gasteiger partial charge in [-0.3, -0.25) is 4.79 Å². The fourth-order valence-electron chi connectivity index (χ4n) is 3.14. The standard InChI is InChI=1S/C18H18N4O2S/c1-12-19-14(11-25-12)10-16(23)22-9-5-8-15(22)18-20-17(21-24-18)13-6-3-2-4-7-13/h2-4,6-7,11,15H,5,8-10H2,1H3/t15-/m0/s1. The molecule has 1 aromatic carbocycles. The van der Waals surface area contributed by atoms with E-state index in [-0.39, 0.29) is 11.9 Å². The van der Waals surface area contributed by atoms with Gasteiger partial charge in [0, 0.05) is 17.5 Å². The van der Waals surface area contributed by atoms with Crippen molar-refractivity contribution in [3.8, 4) is 11.4 Å². The molecular formula is C18H18N4O2S. The van der Waals surface area contributed by atoms with Gasteiger partial charge in [-0.2, -0.15) is 4.98 Å². The van der Waals surface area contributed by atoms with E-state index in [1.54, 1.807) is 11.3 Å². The van der Waals surface area contributed by atoms with Gasteiger partial charge in [-0.25, -0.2) is 4.98 Å². The van der Waals surface area contributed by atoms with Gasteiger partial charge >= 0.3 is 0 Å². The lowest BCUT2D eigenvalue weighted by Crippen LogP contribution is -2.32. The van der Waals surface area contributed by atoms with E-state index in [2.05, 4.69) is 15.1 Å². The average Bonchev–Trinajstić information content (AvgIpc) is 3.35. The lowest BCUT2D eigenvalue weighted by molar-refractivity contribution is -0.131. The minimum atomic E-state index is -0.141. The van der Waals surface area contributed by atoms with Crippen molar-refractivity contribution in [2.75, 3.05) is 6.54 Å². The zero-order valence-corrected chi connectivity index (χ0v) is 14.7. The number of amides is 1. The van der Waals surface area contributed by atoms with Gasteiger partial charge in [-0.1, -0.05) is 35.5 Å². The van der Waals surface area contributed by atoms with Crippen molar-refractivity contribution in [2.24, 2.45) is 0 Å². The van der Waals surface area contributed by atoms with E-state index < -0.39 is 0 Å². The zero-order valence-electron chi connectivity index (χ0n) is 13.9. The van der Waals surface area contributed by atoms with Crippen LogP contribution in [0.25, 0.3) is 11.4 Å². The molecule has 0 bridgehead atoms. The summed E-state index contributed by atoms with van der Waals surface area (Å²) in [5, 5.41) is 7.00. The molecule has 7 heteroatoms. The minimum absolute atomic E-state index is 0.0623. The van der Waals surface area contributed by atoms with Crippen molar-refractivity contribution in [1.29, 1.82) is 0 Å². The molecule has 6 nitrogen and oxygen atoms in total.